The van der Waals surface area contributed by atoms with Crippen molar-refractivity contribution < 1.29 is 19.1 Å². The highest BCUT2D eigenvalue weighted by atomic mass is 16.4. The van der Waals surface area contributed by atoms with Gasteiger partial charge in [-0.1, -0.05) is 30.3 Å². The van der Waals surface area contributed by atoms with Crippen LogP contribution < -0.4 is 10.5 Å². The number of amides is 1. The Kier molecular flexibility index (Phi) is 5.17. The lowest BCUT2D eigenvalue weighted by molar-refractivity contribution is -0.255. The Morgan fingerprint density at radius 1 is 1.06 bits per heavy atom. The molecule has 0 fully saturated rings. The van der Waals surface area contributed by atoms with E-state index in [0.29, 0.717) is 11.1 Å². The van der Waals surface area contributed by atoms with Crippen LogP contribution in [-0.4, -0.2) is 22.7 Å². The predicted octanol–water partition coefficient (Wildman–Crippen LogP) is 3.28. The molecule has 2 heterocycles. The summed E-state index contributed by atoms with van der Waals surface area (Å²) in [5.41, 5.74) is 7.19. The Bertz CT molecular complexity index is 1310. The van der Waals surface area contributed by atoms with Crippen LogP contribution in [0.4, 0.5) is 0 Å². The molecule has 1 N–H and O–H groups in total. The van der Waals surface area contributed by atoms with E-state index in [2.05, 4.69) is 10.5 Å². The molecule has 0 unspecified atom stereocenters. The Morgan fingerprint density at radius 2 is 1.84 bits per heavy atom. The summed E-state index contributed by atoms with van der Waals surface area (Å²) in [6, 6.07) is 16.0. The van der Waals surface area contributed by atoms with E-state index in [1.807, 2.05) is 48.7 Å². The van der Waals surface area contributed by atoms with E-state index in [-0.39, 0.29) is 11.3 Å². The average molecular weight is 414 g/mol. The highest BCUT2D eigenvalue weighted by molar-refractivity contribution is 5.96. The number of aryl methyl sites for hydroxylation is 1. The molecule has 7 heteroatoms. The van der Waals surface area contributed by atoms with Crippen LogP contribution in [0.1, 0.15) is 43.4 Å². The second-order valence-electron chi connectivity index (χ2n) is 7.25. The van der Waals surface area contributed by atoms with Gasteiger partial charge in [0, 0.05) is 33.6 Å². The van der Waals surface area contributed by atoms with Gasteiger partial charge in [-0.25, -0.2) is 5.43 Å². The number of furan rings is 1. The van der Waals surface area contributed by atoms with Gasteiger partial charge in [-0.15, -0.1) is 0 Å². The van der Waals surface area contributed by atoms with Crippen molar-refractivity contribution in [2.24, 2.45) is 5.10 Å². The number of carbonyl (C=O) groups excluding carboxylic acids is 2. The van der Waals surface area contributed by atoms with Crippen molar-refractivity contribution in [3.63, 3.8) is 0 Å². The molecule has 0 aliphatic carbocycles. The zero-order valence-electron chi connectivity index (χ0n) is 17.3. The number of carbonyl (C=O) groups is 2. The molecule has 0 atom stereocenters. The number of hydrogen-bond acceptors (Lipinski definition) is 5. The second-order valence-corrected chi connectivity index (χ2v) is 7.25. The van der Waals surface area contributed by atoms with Crippen LogP contribution in [0.5, 0.6) is 0 Å². The van der Waals surface area contributed by atoms with E-state index in [0.717, 1.165) is 28.0 Å². The topological polar surface area (TPSA) is 99.7 Å². The van der Waals surface area contributed by atoms with Gasteiger partial charge in [0.15, 0.2) is 5.76 Å². The zero-order valence-corrected chi connectivity index (χ0v) is 17.3. The molecular weight excluding hydrogens is 394 g/mol. The van der Waals surface area contributed by atoms with Gasteiger partial charge in [0.25, 0.3) is 0 Å². The first-order valence-electron chi connectivity index (χ1n) is 9.69. The van der Waals surface area contributed by atoms with E-state index < -0.39 is 11.9 Å². The third kappa shape index (κ3) is 3.73. The van der Waals surface area contributed by atoms with Gasteiger partial charge in [-0.3, -0.25) is 4.79 Å². The Hall–Kier alpha value is -4.13. The number of fused-ring (bicyclic) bond motifs is 1. The van der Waals surface area contributed by atoms with Crippen molar-refractivity contribution in [2.45, 2.75) is 20.8 Å². The zero-order chi connectivity index (χ0) is 22.1. The van der Waals surface area contributed by atoms with Crippen molar-refractivity contribution in [3.05, 3.63) is 88.4 Å². The number of nitrogens with one attached hydrogen (secondary N) is 1. The van der Waals surface area contributed by atoms with Crippen molar-refractivity contribution in [1.29, 1.82) is 0 Å². The number of aromatic nitrogens is 1. The normalized spacial score (nSPS) is 11.3. The molecule has 0 aliphatic rings. The lowest BCUT2D eigenvalue weighted by atomic mass is 10.1. The van der Waals surface area contributed by atoms with Crippen molar-refractivity contribution in [2.75, 3.05) is 0 Å². The maximum Gasteiger partial charge on any atom is 0.307 e. The molecule has 156 valence electrons. The van der Waals surface area contributed by atoms with E-state index >= 15 is 0 Å². The minimum atomic E-state index is -1.21. The molecule has 31 heavy (non-hydrogen) atoms. The molecule has 0 saturated carbocycles. The second kappa shape index (κ2) is 7.95. The van der Waals surface area contributed by atoms with Gasteiger partial charge < -0.3 is 18.9 Å². The van der Waals surface area contributed by atoms with E-state index in [4.69, 9.17) is 4.42 Å². The summed E-state index contributed by atoms with van der Waals surface area (Å²) in [5, 5.41) is 16.3. The molecule has 4 aromatic rings. The van der Waals surface area contributed by atoms with Gasteiger partial charge >= 0.3 is 5.91 Å². The number of carboxylic acids is 1. The molecule has 0 radical (unpaired) electrons. The maximum atomic E-state index is 12.3. The van der Waals surface area contributed by atoms with Crippen LogP contribution >= 0.6 is 0 Å². The average Bonchev–Trinajstić information content (AvgIpc) is 3.29. The van der Waals surface area contributed by atoms with Crippen LogP contribution in [0, 0.1) is 20.8 Å². The lowest BCUT2D eigenvalue weighted by Crippen LogP contribution is -2.23. The largest absolute Gasteiger partial charge is 0.545 e. The standard InChI is InChI=1S/C24H21N3O4/c1-14-11-18(16(3)27(14)20-9-6-8-19(15(20)2)24(29)30)13-25-26-23(28)22-12-17-7-4-5-10-21(17)31-22/h4-13H,1-3H3,(H,26,28)(H,29,30)/p-1. The molecule has 0 aliphatic heterocycles. The summed E-state index contributed by atoms with van der Waals surface area (Å²) in [7, 11) is 0. The summed E-state index contributed by atoms with van der Waals surface area (Å²) < 4.78 is 7.49. The lowest BCUT2D eigenvalue weighted by Gasteiger charge is -2.16. The van der Waals surface area contributed by atoms with Crippen molar-refractivity contribution in [1.82, 2.24) is 9.99 Å². The third-order valence-electron chi connectivity index (χ3n) is 5.26. The summed E-state index contributed by atoms with van der Waals surface area (Å²) in [5.74, 6) is -1.48. The molecule has 2 aromatic carbocycles. The first-order valence-corrected chi connectivity index (χ1v) is 9.69. The fourth-order valence-electron chi connectivity index (χ4n) is 3.69. The highest BCUT2D eigenvalue weighted by Gasteiger charge is 2.14. The maximum absolute atomic E-state index is 12.3. The summed E-state index contributed by atoms with van der Waals surface area (Å²) in [6.45, 7) is 5.57. The van der Waals surface area contributed by atoms with Crippen LogP contribution in [-0.2, 0) is 0 Å². The van der Waals surface area contributed by atoms with Crippen molar-refractivity contribution in [3.8, 4) is 5.69 Å². The molecule has 7 nitrogen and oxygen atoms in total. The van der Waals surface area contributed by atoms with E-state index in [1.54, 1.807) is 31.3 Å². The predicted molar refractivity (Wildman–Crippen MR) is 116 cm³/mol. The fourth-order valence-corrected chi connectivity index (χ4v) is 3.69. The van der Waals surface area contributed by atoms with E-state index in [9.17, 15) is 14.7 Å². The number of rotatable bonds is 5. The summed E-state index contributed by atoms with van der Waals surface area (Å²) in [4.78, 5) is 23.7. The van der Waals surface area contributed by atoms with Crippen LogP contribution in [0.3, 0.4) is 0 Å². The Balaban J connectivity index is 1.58. The molecule has 1 amide bonds. The first kappa shape index (κ1) is 20.2. The third-order valence-corrected chi connectivity index (χ3v) is 5.26. The number of para-hydroxylation sites is 1. The monoisotopic (exact) mass is 414 g/mol. The fraction of sp³-hybridized carbons (Fsp3) is 0.125. The highest BCUT2D eigenvalue weighted by Crippen LogP contribution is 2.24. The smallest absolute Gasteiger partial charge is 0.307 e. The van der Waals surface area contributed by atoms with E-state index in [1.165, 1.54) is 6.07 Å². The van der Waals surface area contributed by atoms with Crippen LogP contribution in [0.25, 0.3) is 16.7 Å². The van der Waals surface area contributed by atoms with Crippen LogP contribution in [0.2, 0.25) is 0 Å². The first-order chi connectivity index (χ1) is 14.9. The van der Waals surface area contributed by atoms with Gasteiger partial charge in [0.05, 0.1) is 12.2 Å². The van der Waals surface area contributed by atoms with Gasteiger partial charge in [-0.05, 0) is 50.6 Å². The number of hydrazone groups is 1. The summed E-state index contributed by atoms with van der Waals surface area (Å²) >= 11 is 0. The Labute approximate surface area is 178 Å². The Morgan fingerprint density at radius 3 is 2.58 bits per heavy atom. The number of hydrogen-bond donors (Lipinski definition) is 1. The quantitative estimate of drug-likeness (QED) is 0.400. The number of carboxylic acid groups (broad SMARTS) is 1. The summed E-state index contributed by atoms with van der Waals surface area (Å²) in [6.07, 6.45) is 1.55. The van der Waals surface area contributed by atoms with Gasteiger partial charge in [0.2, 0.25) is 0 Å². The molecule has 2 aromatic heterocycles. The van der Waals surface area contributed by atoms with Crippen molar-refractivity contribution >= 4 is 29.1 Å². The van der Waals surface area contributed by atoms with Crippen LogP contribution in [0.15, 0.2) is 64.1 Å². The molecule has 0 spiro atoms. The molecule has 0 bridgehead atoms. The minimum Gasteiger partial charge on any atom is -0.545 e. The minimum absolute atomic E-state index is 0.151. The number of nitrogens with zero attached hydrogens (tertiary/aromatic N) is 2. The number of benzene rings is 2. The SMILES string of the molecule is Cc1c(C(=O)[O-])cccc1-n1c(C)cc(C=NNC(=O)c2cc3ccccc3o2)c1C. The van der Waals surface area contributed by atoms with Gasteiger partial charge in [-0.2, -0.15) is 5.10 Å². The van der Waals surface area contributed by atoms with Gasteiger partial charge in [0.1, 0.15) is 5.58 Å². The molecule has 4 rings (SSSR count). The molecule has 0 saturated heterocycles. The molecular formula is C24H20N3O4-. The number of aromatic carboxylic acids is 1.